The first kappa shape index (κ1) is 17.0. The summed E-state index contributed by atoms with van der Waals surface area (Å²) < 4.78 is 16.6. The van der Waals surface area contributed by atoms with Gasteiger partial charge in [0.1, 0.15) is 6.61 Å². The summed E-state index contributed by atoms with van der Waals surface area (Å²) in [7, 11) is 1.66. The van der Waals surface area contributed by atoms with Gasteiger partial charge in [-0.15, -0.1) is 0 Å². The summed E-state index contributed by atoms with van der Waals surface area (Å²) in [6.07, 6.45) is 0.588. The lowest BCUT2D eigenvalue weighted by Gasteiger charge is -2.31. The van der Waals surface area contributed by atoms with Gasteiger partial charge in [0, 0.05) is 7.11 Å². The first-order chi connectivity index (χ1) is 10.5. The third kappa shape index (κ3) is 3.51. The lowest BCUT2D eigenvalue weighted by Crippen LogP contribution is -2.36. The topological polar surface area (TPSA) is 70.8 Å². The zero-order valence-electron chi connectivity index (χ0n) is 13.5. The van der Waals surface area contributed by atoms with Crippen LogP contribution >= 0.6 is 0 Å². The Labute approximate surface area is 132 Å². The largest absolute Gasteiger partial charge is 0.461 e. The van der Waals surface area contributed by atoms with Gasteiger partial charge in [-0.3, -0.25) is 4.79 Å². The molecule has 5 nitrogen and oxygen atoms in total. The third-order valence-electron chi connectivity index (χ3n) is 4.52. The molecule has 0 saturated carbocycles. The van der Waals surface area contributed by atoms with Crippen LogP contribution in [0.2, 0.25) is 12.1 Å². The second-order valence-corrected chi connectivity index (χ2v) is 6.22. The molecule has 2 atom stereocenters. The van der Waals surface area contributed by atoms with Crippen molar-refractivity contribution >= 4 is 12.9 Å². The van der Waals surface area contributed by atoms with Gasteiger partial charge in [0.15, 0.2) is 0 Å². The second-order valence-electron chi connectivity index (χ2n) is 6.22. The lowest BCUT2D eigenvalue weighted by atomic mass is 9.54. The van der Waals surface area contributed by atoms with Crippen LogP contribution in [-0.2, 0) is 25.5 Å². The van der Waals surface area contributed by atoms with E-state index in [1.807, 2.05) is 44.2 Å². The van der Waals surface area contributed by atoms with Crippen LogP contribution in [0, 0.1) is 5.41 Å². The van der Waals surface area contributed by atoms with E-state index in [9.17, 15) is 4.79 Å². The van der Waals surface area contributed by atoms with Crippen molar-refractivity contribution in [2.45, 2.75) is 38.7 Å². The van der Waals surface area contributed by atoms with Crippen molar-refractivity contribution in [1.29, 1.82) is 0 Å². The van der Waals surface area contributed by atoms with Crippen molar-refractivity contribution < 1.29 is 18.9 Å². The van der Waals surface area contributed by atoms with Crippen molar-refractivity contribution in [1.82, 2.24) is 0 Å². The Morgan fingerprint density at radius 3 is 2.64 bits per heavy atom. The first-order valence-electron chi connectivity index (χ1n) is 7.55. The smallest absolute Gasteiger partial charge is 0.312 e. The molecule has 2 N–H and O–H groups in total. The fraction of sp³-hybridized carbons (Fsp3) is 0.562. The molecule has 1 aliphatic rings. The minimum atomic E-state index is -0.385. The highest BCUT2D eigenvalue weighted by atomic mass is 16.5. The van der Waals surface area contributed by atoms with Crippen LogP contribution in [0.25, 0.3) is 0 Å². The number of esters is 1. The quantitative estimate of drug-likeness (QED) is 0.495. The van der Waals surface area contributed by atoms with Crippen LogP contribution in [-0.4, -0.2) is 32.8 Å². The van der Waals surface area contributed by atoms with Crippen LogP contribution in [0.15, 0.2) is 30.3 Å². The van der Waals surface area contributed by atoms with E-state index >= 15 is 0 Å². The number of carbonyl (C=O) groups is 1. The Balaban J connectivity index is 2.07. The molecule has 0 unspecified atom stereocenters. The zero-order chi connectivity index (χ0) is 16.2. The Morgan fingerprint density at radius 2 is 2.05 bits per heavy atom. The van der Waals surface area contributed by atoms with Gasteiger partial charge in [0.05, 0.1) is 18.7 Å². The SMILES string of the molecule is CO[C@@H]1CB(OCN)[C@H](C(=O)OCc2ccccc2)C1(C)C. The Bertz CT molecular complexity index is 494. The number of hydrogen-bond acceptors (Lipinski definition) is 5. The molecule has 0 radical (unpaired) electrons. The number of nitrogens with two attached hydrogens (primary N) is 1. The predicted molar refractivity (Wildman–Crippen MR) is 85.3 cm³/mol. The molecule has 0 aromatic heterocycles. The molecule has 1 fully saturated rings. The number of rotatable bonds is 6. The molecule has 0 aliphatic carbocycles. The van der Waals surface area contributed by atoms with Crippen molar-refractivity contribution in [2.75, 3.05) is 13.8 Å². The van der Waals surface area contributed by atoms with E-state index in [-0.39, 0.29) is 43.6 Å². The van der Waals surface area contributed by atoms with Gasteiger partial charge in [-0.05, 0) is 17.3 Å². The van der Waals surface area contributed by atoms with E-state index in [0.717, 1.165) is 5.56 Å². The van der Waals surface area contributed by atoms with E-state index in [1.165, 1.54) is 0 Å². The van der Waals surface area contributed by atoms with Gasteiger partial charge in [-0.25, -0.2) is 0 Å². The molecule has 1 saturated heterocycles. The van der Waals surface area contributed by atoms with E-state index in [1.54, 1.807) is 7.11 Å². The van der Waals surface area contributed by atoms with E-state index in [4.69, 9.17) is 19.9 Å². The molecule has 6 heteroatoms. The summed E-state index contributed by atoms with van der Waals surface area (Å²) in [5.41, 5.74) is 6.10. The molecule has 0 amide bonds. The third-order valence-corrected chi connectivity index (χ3v) is 4.52. The van der Waals surface area contributed by atoms with Crippen LogP contribution in [0.3, 0.4) is 0 Å². The minimum absolute atomic E-state index is 0.0571. The highest BCUT2D eigenvalue weighted by Crippen LogP contribution is 2.49. The van der Waals surface area contributed by atoms with Gasteiger partial charge in [0.25, 0.3) is 0 Å². The minimum Gasteiger partial charge on any atom is -0.461 e. The molecule has 22 heavy (non-hydrogen) atoms. The molecular formula is C16H24BNO4. The van der Waals surface area contributed by atoms with Gasteiger partial charge in [-0.2, -0.15) is 0 Å². The highest BCUT2D eigenvalue weighted by molar-refractivity contribution is 6.59. The van der Waals surface area contributed by atoms with E-state index in [2.05, 4.69) is 0 Å². The number of methoxy groups -OCH3 is 1. The normalized spacial score (nSPS) is 23.5. The molecule has 120 valence electrons. The maximum absolute atomic E-state index is 12.6. The molecule has 1 aromatic carbocycles. The molecule has 0 bridgehead atoms. The lowest BCUT2D eigenvalue weighted by molar-refractivity contribution is -0.148. The van der Waals surface area contributed by atoms with Crippen molar-refractivity contribution in [3.63, 3.8) is 0 Å². The molecule has 0 spiro atoms. The molecule has 2 rings (SSSR count). The van der Waals surface area contributed by atoms with Gasteiger partial charge in [-0.1, -0.05) is 44.2 Å². The summed E-state index contributed by atoms with van der Waals surface area (Å²) in [6.45, 7) is 4.09. The Kier molecular flexibility index (Phi) is 5.61. The molecule has 1 heterocycles. The summed E-state index contributed by atoms with van der Waals surface area (Å²) in [4.78, 5) is 12.6. The maximum Gasteiger partial charge on any atom is 0.312 e. The van der Waals surface area contributed by atoms with Crippen LogP contribution < -0.4 is 5.73 Å². The fourth-order valence-electron chi connectivity index (χ4n) is 3.29. The molecule has 1 aliphatic heterocycles. The van der Waals surface area contributed by atoms with Crippen molar-refractivity contribution in [3.8, 4) is 0 Å². The van der Waals surface area contributed by atoms with Crippen molar-refractivity contribution in [2.24, 2.45) is 11.1 Å². The number of carbonyl (C=O) groups excluding carboxylic acids is 1. The average molecular weight is 305 g/mol. The van der Waals surface area contributed by atoms with Gasteiger partial charge < -0.3 is 19.9 Å². The van der Waals surface area contributed by atoms with E-state index < -0.39 is 0 Å². The Hall–Kier alpha value is -1.37. The summed E-state index contributed by atoms with van der Waals surface area (Å²) in [5.74, 6) is -0.642. The van der Waals surface area contributed by atoms with Crippen LogP contribution in [0.5, 0.6) is 0 Å². The van der Waals surface area contributed by atoms with E-state index in [0.29, 0.717) is 6.32 Å². The highest BCUT2D eigenvalue weighted by Gasteiger charge is 2.56. The summed E-state index contributed by atoms with van der Waals surface area (Å²) >= 11 is 0. The number of benzene rings is 1. The second kappa shape index (κ2) is 7.27. The molecule has 1 aromatic rings. The predicted octanol–water partition coefficient (Wildman–Crippen LogP) is 2.08. The first-order valence-corrected chi connectivity index (χ1v) is 7.55. The van der Waals surface area contributed by atoms with Crippen molar-refractivity contribution in [3.05, 3.63) is 35.9 Å². The standard InChI is InChI=1S/C16H24BNO4/c1-16(2)13(20-3)9-17(22-11-18)14(16)15(19)21-10-12-7-5-4-6-8-12/h4-8,13-14H,9-11,18H2,1-3H3/t13-,14-/m1/s1. The van der Waals surface area contributed by atoms with Crippen LogP contribution in [0.4, 0.5) is 0 Å². The van der Waals surface area contributed by atoms with Gasteiger partial charge >= 0.3 is 12.9 Å². The average Bonchev–Trinajstić information content (AvgIpc) is 2.76. The number of ether oxygens (including phenoxy) is 2. The molecular weight excluding hydrogens is 281 g/mol. The fourth-order valence-corrected chi connectivity index (χ4v) is 3.29. The summed E-state index contributed by atoms with van der Waals surface area (Å²) in [6, 6.07) is 9.63. The van der Waals surface area contributed by atoms with Crippen LogP contribution in [0.1, 0.15) is 19.4 Å². The van der Waals surface area contributed by atoms with Gasteiger partial charge in [0.2, 0.25) is 0 Å². The number of hydrogen-bond donors (Lipinski definition) is 1. The zero-order valence-corrected chi connectivity index (χ0v) is 13.5. The Morgan fingerprint density at radius 1 is 1.36 bits per heavy atom. The summed E-state index contributed by atoms with van der Waals surface area (Å²) in [5, 5.41) is 0. The maximum atomic E-state index is 12.6. The monoisotopic (exact) mass is 305 g/mol.